The zero-order valence-electron chi connectivity index (χ0n) is 22.4. The summed E-state index contributed by atoms with van der Waals surface area (Å²) < 4.78 is 42.2. The molecule has 0 spiro atoms. The number of nitrogens with one attached hydrogen (secondary N) is 3. The lowest BCUT2D eigenvalue weighted by Crippen LogP contribution is -2.39. The van der Waals surface area contributed by atoms with Gasteiger partial charge in [-0.3, -0.25) is 5.41 Å². The molecule has 216 valence electrons. The molecule has 3 aromatic rings. The van der Waals surface area contributed by atoms with Crippen molar-refractivity contribution in [2.24, 2.45) is 5.73 Å². The minimum absolute atomic E-state index is 0.0531. The van der Waals surface area contributed by atoms with E-state index in [0.717, 1.165) is 0 Å². The van der Waals surface area contributed by atoms with Gasteiger partial charge in [-0.1, -0.05) is 54.5 Å². The first-order valence-electron chi connectivity index (χ1n) is 12.7. The van der Waals surface area contributed by atoms with Gasteiger partial charge in [0.15, 0.2) is 11.7 Å². The summed E-state index contributed by atoms with van der Waals surface area (Å²) in [5.41, 5.74) is 6.71. The van der Waals surface area contributed by atoms with Crippen LogP contribution in [0.3, 0.4) is 0 Å². The standard InChI is InChI=1S/C29H33N4O7P/c1-2-17-36-18-19-37-20-21-38-29(34)33-27(22-23-13-15-24(16-14-23)32-28(30)31)41(35,39-25-9-5-3-6-10-25)40-26-11-7-4-8-12-26/h1,3-16,27H,17-22H2,(H,33,34)(H4,30,31,32). The molecule has 0 fully saturated rings. The van der Waals surface area contributed by atoms with Gasteiger partial charge in [0.1, 0.15) is 24.7 Å². The van der Waals surface area contributed by atoms with Crippen molar-refractivity contribution in [3.05, 3.63) is 90.5 Å². The van der Waals surface area contributed by atoms with Gasteiger partial charge in [-0.2, -0.15) is 0 Å². The fourth-order valence-electron chi connectivity index (χ4n) is 3.47. The van der Waals surface area contributed by atoms with Crippen molar-refractivity contribution in [1.29, 1.82) is 5.41 Å². The highest BCUT2D eigenvalue weighted by Crippen LogP contribution is 2.53. The van der Waals surface area contributed by atoms with E-state index in [1.54, 1.807) is 84.9 Å². The summed E-state index contributed by atoms with van der Waals surface area (Å²) in [6, 6.07) is 24.0. The zero-order valence-corrected chi connectivity index (χ0v) is 23.3. The number of hydrogen-bond acceptors (Lipinski definition) is 8. The molecule has 11 nitrogen and oxygen atoms in total. The number of carbonyl (C=O) groups is 1. The number of alkyl carbamates (subject to hydrolysis) is 1. The van der Waals surface area contributed by atoms with Crippen molar-refractivity contribution in [3.8, 4) is 23.8 Å². The lowest BCUT2D eigenvalue weighted by molar-refractivity contribution is 0.0357. The minimum Gasteiger partial charge on any atom is -0.447 e. The van der Waals surface area contributed by atoms with E-state index in [2.05, 4.69) is 16.6 Å². The van der Waals surface area contributed by atoms with Gasteiger partial charge in [0.2, 0.25) is 0 Å². The number of ether oxygens (including phenoxy) is 3. The van der Waals surface area contributed by atoms with Gasteiger partial charge in [-0.15, -0.1) is 6.42 Å². The summed E-state index contributed by atoms with van der Waals surface area (Å²) in [6.07, 6.45) is 4.36. The molecule has 1 atom stereocenters. The summed E-state index contributed by atoms with van der Waals surface area (Å²) in [5, 5.41) is 12.8. The second kappa shape index (κ2) is 16.6. The molecular weight excluding hydrogens is 547 g/mol. The molecular formula is C29H33N4O7P. The molecule has 12 heteroatoms. The number of anilines is 1. The summed E-state index contributed by atoms with van der Waals surface area (Å²) in [6.45, 7) is 0.865. The molecule has 0 aromatic heterocycles. The topological polar surface area (TPSA) is 154 Å². The van der Waals surface area contributed by atoms with E-state index in [-0.39, 0.29) is 38.8 Å². The zero-order chi connectivity index (χ0) is 29.3. The van der Waals surface area contributed by atoms with Crippen LogP contribution in [0, 0.1) is 17.8 Å². The fourth-order valence-corrected chi connectivity index (χ4v) is 5.29. The molecule has 3 rings (SSSR count). The maximum Gasteiger partial charge on any atom is 0.453 e. The monoisotopic (exact) mass is 580 g/mol. The predicted molar refractivity (Wildman–Crippen MR) is 156 cm³/mol. The highest BCUT2D eigenvalue weighted by molar-refractivity contribution is 7.55. The summed E-state index contributed by atoms with van der Waals surface area (Å²) in [5.74, 6) is 1.60. The number of carbonyl (C=O) groups excluding carboxylic acids is 1. The molecule has 0 heterocycles. The molecule has 5 N–H and O–H groups in total. The summed E-state index contributed by atoms with van der Waals surface area (Å²) >= 11 is 0. The van der Waals surface area contributed by atoms with Crippen molar-refractivity contribution < 1.29 is 32.6 Å². The van der Waals surface area contributed by atoms with E-state index in [4.69, 9.17) is 40.8 Å². The quantitative estimate of drug-likeness (QED) is 0.0625. The van der Waals surface area contributed by atoms with Crippen LogP contribution in [-0.4, -0.2) is 50.9 Å². The Morgan fingerprint density at radius 2 is 1.44 bits per heavy atom. The maximum absolute atomic E-state index is 14.5. The third kappa shape index (κ3) is 11.3. The number of nitrogens with two attached hydrogens (primary N) is 1. The Kier molecular flexibility index (Phi) is 12.6. The van der Waals surface area contributed by atoms with Gasteiger partial charge in [-0.25, -0.2) is 9.36 Å². The average molecular weight is 581 g/mol. The van der Waals surface area contributed by atoms with Crippen LogP contribution in [0.1, 0.15) is 5.56 Å². The van der Waals surface area contributed by atoms with Gasteiger partial charge < -0.3 is 39.6 Å². The predicted octanol–water partition coefficient (Wildman–Crippen LogP) is 4.60. The van der Waals surface area contributed by atoms with Gasteiger partial charge in [0.05, 0.1) is 19.8 Å². The van der Waals surface area contributed by atoms with E-state index in [0.29, 0.717) is 29.4 Å². The molecule has 0 radical (unpaired) electrons. The van der Waals surface area contributed by atoms with Crippen LogP contribution < -0.4 is 25.4 Å². The largest absolute Gasteiger partial charge is 0.453 e. The van der Waals surface area contributed by atoms with Crippen LogP contribution in [-0.2, 0) is 25.2 Å². The normalized spacial score (nSPS) is 11.5. The molecule has 0 bridgehead atoms. The van der Waals surface area contributed by atoms with E-state index >= 15 is 0 Å². The molecule has 1 amide bonds. The number of rotatable bonds is 16. The first-order chi connectivity index (χ1) is 19.9. The van der Waals surface area contributed by atoms with E-state index in [1.807, 2.05) is 0 Å². The Morgan fingerprint density at radius 3 is 2.00 bits per heavy atom. The number of guanidine groups is 1. The van der Waals surface area contributed by atoms with E-state index < -0.39 is 19.5 Å². The minimum atomic E-state index is -4.13. The van der Waals surface area contributed by atoms with Crippen LogP contribution >= 0.6 is 7.60 Å². The van der Waals surface area contributed by atoms with Crippen LogP contribution in [0.4, 0.5) is 10.5 Å². The first kappa shape index (κ1) is 31.0. The second-order valence-electron chi connectivity index (χ2n) is 8.45. The summed E-state index contributed by atoms with van der Waals surface area (Å²) in [4.78, 5) is 12.8. The van der Waals surface area contributed by atoms with Crippen LogP contribution in [0.2, 0.25) is 0 Å². The van der Waals surface area contributed by atoms with Gasteiger partial charge in [0, 0.05) is 12.1 Å². The van der Waals surface area contributed by atoms with Crippen LogP contribution in [0.15, 0.2) is 84.9 Å². The number of amides is 1. The number of benzene rings is 3. The summed E-state index contributed by atoms with van der Waals surface area (Å²) in [7, 11) is -4.13. The third-order valence-electron chi connectivity index (χ3n) is 5.30. The van der Waals surface area contributed by atoms with Crippen molar-refractivity contribution in [1.82, 2.24) is 5.32 Å². The Bertz CT molecular complexity index is 1270. The lowest BCUT2D eigenvalue weighted by Gasteiger charge is -2.28. The third-order valence-corrected chi connectivity index (χ3v) is 7.30. The molecule has 0 aliphatic rings. The van der Waals surface area contributed by atoms with Crippen LogP contribution in [0.5, 0.6) is 11.5 Å². The number of hydrogen-bond donors (Lipinski definition) is 4. The van der Waals surface area contributed by atoms with Gasteiger partial charge in [0.25, 0.3) is 0 Å². The lowest BCUT2D eigenvalue weighted by atomic mass is 10.1. The average Bonchev–Trinajstić information content (AvgIpc) is 2.96. The SMILES string of the molecule is C#CCOCCOCCOC(=O)NC(Cc1ccc(NC(=N)N)cc1)P(=O)(Oc1ccccc1)Oc1ccccc1. The molecule has 0 aliphatic carbocycles. The molecule has 0 saturated carbocycles. The first-order valence-corrected chi connectivity index (χ1v) is 14.3. The fraction of sp³-hybridized carbons (Fsp3) is 0.241. The van der Waals surface area contributed by atoms with Gasteiger partial charge >= 0.3 is 13.7 Å². The highest BCUT2D eigenvalue weighted by Gasteiger charge is 2.41. The molecule has 1 unspecified atom stereocenters. The van der Waals surface area contributed by atoms with E-state index in [1.165, 1.54) is 0 Å². The second-order valence-corrected chi connectivity index (χ2v) is 10.5. The Balaban J connectivity index is 1.78. The smallest absolute Gasteiger partial charge is 0.447 e. The van der Waals surface area contributed by atoms with Crippen molar-refractivity contribution in [3.63, 3.8) is 0 Å². The Hall–Kier alpha value is -4.49. The molecule has 0 aliphatic heterocycles. The van der Waals surface area contributed by atoms with Crippen molar-refractivity contribution in [2.75, 3.05) is 38.4 Å². The number of terminal acetylenes is 1. The Morgan fingerprint density at radius 1 is 0.878 bits per heavy atom. The van der Waals surface area contributed by atoms with Crippen LogP contribution in [0.25, 0.3) is 0 Å². The van der Waals surface area contributed by atoms with E-state index in [9.17, 15) is 9.36 Å². The number of para-hydroxylation sites is 2. The van der Waals surface area contributed by atoms with Crippen molar-refractivity contribution >= 4 is 25.3 Å². The molecule has 3 aromatic carbocycles. The van der Waals surface area contributed by atoms with Gasteiger partial charge in [-0.05, 0) is 42.0 Å². The Labute approximate surface area is 239 Å². The van der Waals surface area contributed by atoms with Crippen molar-refractivity contribution in [2.45, 2.75) is 12.2 Å². The molecule has 41 heavy (non-hydrogen) atoms. The molecule has 0 saturated heterocycles. The maximum atomic E-state index is 14.5. The highest BCUT2D eigenvalue weighted by atomic mass is 31.2.